The van der Waals surface area contributed by atoms with Gasteiger partial charge in [-0.3, -0.25) is 4.79 Å². The highest BCUT2D eigenvalue weighted by atomic mass is 32.2. The third-order valence-electron chi connectivity index (χ3n) is 10.2. The number of amides is 2. The van der Waals surface area contributed by atoms with Gasteiger partial charge in [0.15, 0.2) is 0 Å². The fourth-order valence-corrected chi connectivity index (χ4v) is 8.56. The highest BCUT2D eigenvalue weighted by molar-refractivity contribution is 7.92. The maximum Gasteiger partial charge on any atom is 0.410 e. The molecule has 2 amide bonds. The van der Waals surface area contributed by atoms with Crippen LogP contribution < -0.4 is 9.46 Å². The standard InChI is InChI=1S/C38H49N5O6S/c1-23(2)30-12-9-13-31(24(3)4)34(30)32-19-33-40-36(39-32)41-50(46,47)29-11-8-10-27(18-29)35(44)43(22-26(7)49-33)28-20-38(21-28)14-16-42(17-15-38)37(45)48-25(5)6/h8-13,18-19,23-26,28H,14-17,20-22H2,1-7H3,(H,39,40,41)/t26-/m1/s1. The average Bonchev–Trinajstić information content (AvgIpc) is 3.04. The molecule has 1 aromatic heterocycles. The molecule has 3 aromatic rings. The molecule has 0 radical (unpaired) electrons. The fourth-order valence-electron chi connectivity index (χ4n) is 7.57. The SMILES string of the molecule is CC(C)OC(=O)N1CCC2(CC1)CC(N1C[C@@H](C)Oc3cc(-c4c(C(C)C)cccc4C(C)C)nc(n3)NS(=O)(=O)c3cccc(c3)C1=O)C2. The van der Waals surface area contributed by atoms with E-state index in [9.17, 15) is 18.0 Å². The molecule has 12 heteroatoms. The Kier molecular flexibility index (Phi) is 9.87. The summed E-state index contributed by atoms with van der Waals surface area (Å²) in [6, 6.07) is 14.0. The van der Waals surface area contributed by atoms with Crippen LogP contribution in [0.5, 0.6) is 5.88 Å². The van der Waals surface area contributed by atoms with Gasteiger partial charge in [0, 0.05) is 36.3 Å². The van der Waals surface area contributed by atoms with Crippen molar-refractivity contribution in [3.05, 3.63) is 65.2 Å². The summed E-state index contributed by atoms with van der Waals surface area (Å²) in [6.07, 6.45) is 2.36. The van der Waals surface area contributed by atoms with Gasteiger partial charge in [-0.05, 0) is 93.0 Å². The smallest absolute Gasteiger partial charge is 0.410 e. The molecular weight excluding hydrogens is 655 g/mol. The normalized spacial score (nSPS) is 20.4. The third kappa shape index (κ3) is 7.31. The molecule has 0 unspecified atom stereocenters. The lowest BCUT2D eigenvalue weighted by Crippen LogP contribution is -2.58. The molecule has 6 rings (SSSR count). The minimum Gasteiger partial charge on any atom is -0.473 e. The molecule has 1 saturated carbocycles. The Hall–Kier alpha value is -4.19. The molecule has 2 fully saturated rings. The number of anilines is 1. The van der Waals surface area contributed by atoms with E-state index in [2.05, 4.69) is 49.5 Å². The van der Waals surface area contributed by atoms with Crippen molar-refractivity contribution >= 4 is 28.0 Å². The van der Waals surface area contributed by atoms with Crippen molar-refractivity contribution in [2.75, 3.05) is 24.4 Å². The van der Waals surface area contributed by atoms with Gasteiger partial charge in [0.05, 0.1) is 23.2 Å². The van der Waals surface area contributed by atoms with Crippen molar-refractivity contribution in [3.63, 3.8) is 0 Å². The molecule has 2 aliphatic heterocycles. The first-order valence-electron chi connectivity index (χ1n) is 17.7. The number of rotatable bonds is 5. The van der Waals surface area contributed by atoms with Crippen LogP contribution in [0.25, 0.3) is 11.3 Å². The summed E-state index contributed by atoms with van der Waals surface area (Å²) in [5, 5.41) is 0. The quantitative estimate of drug-likeness (QED) is 0.295. The van der Waals surface area contributed by atoms with Crippen LogP contribution in [0.15, 0.2) is 53.4 Å². The van der Waals surface area contributed by atoms with Crippen LogP contribution in [-0.4, -0.2) is 78.1 Å². The largest absolute Gasteiger partial charge is 0.473 e. The third-order valence-corrected chi connectivity index (χ3v) is 11.5. The predicted octanol–water partition coefficient (Wildman–Crippen LogP) is 7.20. The van der Waals surface area contributed by atoms with Gasteiger partial charge in [0.25, 0.3) is 15.9 Å². The second-order valence-electron chi connectivity index (χ2n) is 15.0. The number of benzene rings is 2. The fraction of sp³-hybridized carbons (Fsp3) is 0.526. The van der Waals surface area contributed by atoms with Crippen LogP contribution in [0, 0.1) is 5.41 Å². The summed E-state index contributed by atoms with van der Waals surface area (Å²) >= 11 is 0. The van der Waals surface area contributed by atoms with Crippen molar-refractivity contribution in [1.82, 2.24) is 19.8 Å². The summed E-state index contributed by atoms with van der Waals surface area (Å²) in [6.45, 7) is 15.6. The van der Waals surface area contributed by atoms with Crippen LogP contribution in [0.1, 0.15) is 107 Å². The van der Waals surface area contributed by atoms with Crippen LogP contribution in [0.3, 0.4) is 0 Å². The molecule has 1 spiro atoms. The molecule has 1 aliphatic carbocycles. The van der Waals surface area contributed by atoms with Crippen LogP contribution >= 0.6 is 0 Å². The summed E-state index contributed by atoms with van der Waals surface area (Å²) < 4.78 is 41.9. The molecule has 1 N–H and O–H groups in total. The number of likely N-dealkylation sites (tertiary alicyclic amines) is 1. The second kappa shape index (κ2) is 13.8. The number of carbonyl (C=O) groups excluding carboxylic acids is 2. The summed E-state index contributed by atoms with van der Waals surface area (Å²) in [5.41, 5.74) is 4.00. The number of aromatic nitrogens is 2. The van der Waals surface area contributed by atoms with Gasteiger partial charge in [-0.1, -0.05) is 52.0 Å². The first kappa shape index (κ1) is 35.6. The van der Waals surface area contributed by atoms with Gasteiger partial charge in [-0.25, -0.2) is 22.9 Å². The number of carbonyl (C=O) groups is 2. The lowest BCUT2D eigenvalue weighted by atomic mass is 9.60. The van der Waals surface area contributed by atoms with Crippen molar-refractivity contribution in [2.45, 2.75) is 109 Å². The molecule has 1 saturated heterocycles. The molecular formula is C38H49N5O6S. The van der Waals surface area contributed by atoms with E-state index >= 15 is 0 Å². The molecule has 268 valence electrons. The molecule has 50 heavy (non-hydrogen) atoms. The van der Waals surface area contributed by atoms with E-state index < -0.39 is 16.1 Å². The molecule has 3 aliphatic rings. The van der Waals surface area contributed by atoms with Crippen molar-refractivity contribution in [1.29, 1.82) is 0 Å². The second-order valence-corrected chi connectivity index (χ2v) is 16.7. The highest BCUT2D eigenvalue weighted by Gasteiger charge is 2.50. The number of hydrogen-bond donors (Lipinski definition) is 1. The maximum absolute atomic E-state index is 14.2. The van der Waals surface area contributed by atoms with E-state index in [0.29, 0.717) is 18.8 Å². The van der Waals surface area contributed by atoms with Gasteiger partial charge >= 0.3 is 6.09 Å². The van der Waals surface area contributed by atoms with Crippen molar-refractivity contribution in [2.24, 2.45) is 5.41 Å². The minimum absolute atomic E-state index is 0.0360. The number of hydrogen-bond acceptors (Lipinski definition) is 8. The van der Waals surface area contributed by atoms with E-state index in [4.69, 9.17) is 14.5 Å². The summed E-state index contributed by atoms with van der Waals surface area (Å²) in [4.78, 5) is 39.5. The Morgan fingerprint density at radius 2 is 1.60 bits per heavy atom. The Morgan fingerprint density at radius 1 is 0.960 bits per heavy atom. The monoisotopic (exact) mass is 703 g/mol. The molecule has 4 bridgehead atoms. The van der Waals surface area contributed by atoms with E-state index in [1.807, 2.05) is 31.7 Å². The number of piperidine rings is 1. The minimum atomic E-state index is -4.16. The molecule has 2 aromatic carbocycles. The van der Waals surface area contributed by atoms with Crippen LogP contribution in [-0.2, 0) is 14.8 Å². The Morgan fingerprint density at radius 3 is 2.22 bits per heavy atom. The van der Waals surface area contributed by atoms with Gasteiger partial charge in [-0.2, -0.15) is 4.98 Å². The Bertz CT molecular complexity index is 1830. The van der Waals surface area contributed by atoms with E-state index in [-0.39, 0.29) is 70.2 Å². The van der Waals surface area contributed by atoms with Gasteiger partial charge in [0.2, 0.25) is 11.8 Å². The van der Waals surface area contributed by atoms with Gasteiger partial charge in [-0.15, -0.1) is 0 Å². The zero-order valence-corrected chi connectivity index (χ0v) is 30.9. The average molecular weight is 704 g/mol. The lowest BCUT2D eigenvalue weighted by molar-refractivity contribution is -0.0413. The molecule has 1 atom stereocenters. The topological polar surface area (TPSA) is 131 Å². The Labute approximate surface area is 295 Å². The zero-order valence-electron chi connectivity index (χ0n) is 30.1. The first-order valence-corrected chi connectivity index (χ1v) is 19.2. The number of fused-ring (bicyclic) bond motifs is 4. The number of nitrogens with one attached hydrogen (secondary N) is 1. The zero-order chi connectivity index (χ0) is 36.0. The molecule has 11 nitrogen and oxygen atoms in total. The van der Waals surface area contributed by atoms with E-state index in [1.165, 1.54) is 12.1 Å². The Balaban J connectivity index is 1.33. The predicted molar refractivity (Wildman–Crippen MR) is 192 cm³/mol. The number of sulfonamides is 1. The first-order chi connectivity index (χ1) is 23.6. The summed E-state index contributed by atoms with van der Waals surface area (Å²) in [5.74, 6) is 0.240. The molecule has 3 heterocycles. The van der Waals surface area contributed by atoms with E-state index in [1.54, 1.807) is 23.1 Å². The number of nitrogens with zero attached hydrogens (tertiary/aromatic N) is 4. The highest BCUT2D eigenvalue weighted by Crippen LogP contribution is 2.51. The van der Waals surface area contributed by atoms with Crippen molar-refractivity contribution in [3.8, 4) is 17.1 Å². The maximum atomic E-state index is 14.2. The lowest BCUT2D eigenvalue weighted by Gasteiger charge is -2.55. The van der Waals surface area contributed by atoms with Crippen LogP contribution in [0.2, 0.25) is 0 Å². The van der Waals surface area contributed by atoms with Gasteiger partial charge < -0.3 is 19.3 Å². The number of ether oxygens (including phenoxy) is 2. The van der Waals surface area contributed by atoms with E-state index in [0.717, 1.165) is 42.4 Å². The van der Waals surface area contributed by atoms with Crippen molar-refractivity contribution < 1.29 is 27.5 Å². The summed E-state index contributed by atoms with van der Waals surface area (Å²) in [7, 11) is -4.16. The van der Waals surface area contributed by atoms with Crippen LogP contribution in [0.4, 0.5) is 10.7 Å². The van der Waals surface area contributed by atoms with Gasteiger partial charge in [0.1, 0.15) is 6.10 Å².